The van der Waals surface area contributed by atoms with Crippen LogP contribution >= 0.6 is 11.3 Å². The number of aryl methyl sites for hydroxylation is 2. The molecule has 1 saturated carbocycles. The highest BCUT2D eigenvalue weighted by molar-refractivity contribution is 7.12. The van der Waals surface area contributed by atoms with Crippen LogP contribution in [0.3, 0.4) is 0 Å². The minimum absolute atomic E-state index is 0.570. The van der Waals surface area contributed by atoms with Crippen molar-refractivity contribution in [2.75, 3.05) is 0 Å². The normalized spacial score (nSPS) is 22.6. The molecule has 0 radical (unpaired) electrons. The van der Waals surface area contributed by atoms with Gasteiger partial charge in [-0.3, -0.25) is 0 Å². The highest BCUT2D eigenvalue weighted by Gasteiger charge is 2.22. The lowest BCUT2D eigenvalue weighted by Gasteiger charge is -2.29. The quantitative estimate of drug-likeness (QED) is 0.839. The van der Waals surface area contributed by atoms with Crippen LogP contribution < -0.4 is 5.32 Å². The molecule has 1 aromatic rings. The maximum Gasteiger partial charge on any atom is 0.0388 e. The fourth-order valence-corrected chi connectivity index (χ4v) is 4.01. The molecule has 2 heteroatoms. The molecule has 3 rings (SSSR count). The van der Waals surface area contributed by atoms with Crippen LogP contribution in [0.4, 0.5) is 0 Å². The molecule has 1 aromatic heterocycles. The fraction of sp³-hybridized carbons (Fsp3) is 0.714. The van der Waals surface area contributed by atoms with E-state index in [0.717, 1.165) is 6.04 Å². The Kier molecular flexibility index (Phi) is 3.03. The lowest BCUT2D eigenvalue weighted by atomic mass is 9.92. The molecule has 2 aliphatic carbocycles. The van der Waals surface area contributed by atoms with E-state index in [1.165, 1.54) is 44.9 Å². The maximum atomic E-state index is 3.75. The fourth-order valence-electron chi connectivity index (χ4n) is 2.74. The van der Waals surface area contributed by atoms with Crippen molar-refractivity contribution in [3.63, 3.8) is 0 Å². The summed E-state index contributed by atoms with van der Waals surface area (Å²) >= 11 is 2.06. The lowest BCUT2D eigenvalue weighted by Crippen LogP contribution is -2.36. The summed E-state index contributed by atoms with van der Waals surface area (Å²) in [6.07, 6.45) is 9.64. The third kappa shape index (κ3) is 2.05. The van der Waals surface area contributed by atoms with Crippen molar-refractivity contribution in [1.29, 1.82) is 0 Å². The number of hydrogen-bond donors (Lipinski definition) is 1. The predicted octanol–water partition coefficient (Wildman–Crippen LogP) is 3.83. The molecule has 1 N–H and O–H groups in total. The van der Waals surface area contributed by atoms with E-state index >= 15 is 0 Å². The molecule has 0 aromatic carbocycles. The summed E-state index contributed by atoms with van der Waals surface area (Å²) in [6.45, 7) is 2.33. The van der Waals surface area contributed by atoms with E-state index in [4.69, 9.17) is 0 Å². The Morgan fingerprint density at radius 1 is 1.25 bits per heavy atom. The molecule has 0 saturated heterocycles. The van der Waals surface area contributed by atoms with Gasteiger partial charge in [-0.1, -0.05) is 6.42 Å². The Balaban J connectivity index is 1.70. The molecule has 88 valence electrons. The highest BCUT2D eigenvalue weighted by Crippen LogP contribution is 2.33. The predicted molar refractivity (Wildman–Crippen MR) is 70.2 cm³/mol. The second-order valence-electron chi connectivity index (χ2n) is 5.32. The van der Waals surface area contributed by atoms with Crippen molar-refractivity contribution < 1.29 is 0 Å². The van der Waals surface area contributed by atoms with Gasteiger partial charge in [-0.2, -0.15) is 0 Å². The molecule has 0 aliphatic heterocycles. The van der Waals surface area contributed by atoms with Gasteiger partial charge in [0.2, 0.25) is 0 Å². The monoisotopic (exact) mass is 235 g/mol. The zero-order valence-electron chi connectivity index (χ0n) is 10.1. The Hall–Kier alpha value is -0.340. The van der Waals surface area contributed by atoms with Crippen molar-refractivity contribution >= 4 is 11.3 Å². The third-order valence-corrected chi connectivity index (χ3v) is 5.45. The first-order valence-corrected chi connectivity index (χ1v) is 7.52. The van der Waals surface area contributed by atoms with Gasteiger partial charge in [-0.05, 0) is 57.1 Å². The molecule has 1 heterocycles. The van der Waals surface area contributed by atoms with E-state index in [9.17, 15) is 0 Å². The average molecular weight is 235 g/mol. The molecule has 1 fully saturated rings. The molecular weight excluding hydrogens is 214 g/mol. The minimum Gasteiger partial charge on any atom is -0.307 e. The van der Waals surface area contributed by atoms with Crippen LogP contribution in [0.25, 0.3) is 0 Å². The van der Waals surface area contributed by atoms with Crippen molar-refractivity contribution in [1.82, 2.24) is 5.32 Å². The van der Waals surface area contributed by atoms with Crippen LogP contribution in [-0.2, 0) is 12.8 Å². The van der Waals surface area contributed by atoms with Gasteiger partial charge < -0.3 is 5.32 Å². The molecule has 1 unspecified atom stereocenters. The van der Waals surface area contributed by atoms with Gasteiger partial charge >= 0.3 is 0 Å². The average Bonchev–Trinajstić information content (AvgIpc) is 2.66. The first-order chi connectivity index (χ1) is 7.83. The molecule has 16 heavy (non-hydrogen) atoms. The third-order valence-electron chi connectivity index (χ3n) is 4.03. The largest absolute Gasteiger partial charge is 0.307 e. The molecule has 2 aliphatic rings. The van der Waals surface area contributed by atoms with Gasteiger partial charge in [-0.15, -0.1) is 11.3 Å². The van der Waals surface area contributed by atoms with E-state index in [1.807, 2.05) is 0 Å². The second-order valence-corrected chi connectivity index (χ2v) is 6.49. The van der Waals surface area contributed by atoms with Crippen molar-refractivity contribution in [2.24, 2.45) is 0 Å². The van der Waals surface area contributed by atoms with E-state index in [2.05, 4.69) is 29.6 Å². The molecule has 0 bridgehead atoms. The summed E-state index contributed by atoms with van der Waals surface area (Å²) in [4.78, 5) is 3.24. The van der Waals surface area contributed by atoms with Crippen molar-refractivity contribution in [3.8, 4) is 0 Å². The van der Waals surface area contributed by atoms with Crippen molar-refractivity contribution in [3.05, 3.63) is 21.4 Å². The summed E-state index contributed by atoms with van der Waals surface area (Å²) in [7, 11) is 0. The zero-order chi connectivity index (χ0) is 11.0. The number of nitrogens with one attached hydrogen (secondary N) is 1. The minimum atomic E-state index is 0.570. The Bertz CT molecular complexity index is 341. The maximum absolute atomic E-state index is 3.75. The topological polar surface area (TPSA) is 12.0 Å². The van der Waals surface area contributed by atoms with Gasteiger partial charge in [0.1, 0.15) is 0 Å². The summed E-state index contributed by atoms with van der Waals surface area (Å²) in [5.41, 5.74) is 1.65. The zero-order valence-corrected chi connectivity index (χ0v) is 10.9. The summed E-state index contributed by atoms with van der Waals surface area (Å²) in [5, 5.41) is 3.75. The van der Waals surface area contributed by atoms with Crippen molar-refractivity contribution in [2.45, 2.75) is 64.0 Å². The van der Waals surface area contributed by atoms with Gasteiger partial charge in [0.25, 0.3) is 0 Å². The number of thiophene rings is 1. The summed E-state index contributed by atoms with van der Waals surface area (Å²) in [6, 6.07) is 3.84. The van der Waals surface area contributed by atoms with Crippen LogP contribution in [0.2, 0.25) is 0 Å². The SMILES string of the molecule is CC(NC1CCC1)c1cc2c(s1)CCCC2. The number of rotatable bonds is 3. The smallest absolute Gasteiger partial charge is 0.0388 e. The Labute approximate surface area is 102 Å². The van der Waals surface area contributed by atoms with Gasteiger partial charge in [0.05, 0.1) is 0 Å². The highest BCUT2D eigenvalue weighted by atomic mass is 32.1. The van der Waals surface area contributed by atoms with Crippen LogP contribution in [0.1, 0.15) is 60.4 Å². The van der Waals surface area contributed by atoms with Gasteiger partial charge in [0.15, 0.2) is 0 Å². The first-order valence-electron chi connectivity index (χ1n) is 6.70. The number of fused-ring (bicyclic) bond motifs is 1. The van der Waals surface area contributed by atoms with Gasteiger partial charge in [-0.25, -0.2) is 0 Å². The second kappa shape index (κ2) is 4.50. The standard InChI is InChI=1S/C14H21NS/c1-10(15-12-6-4-7-12)14-9-11-5-2-3-8-13(11)16-14/h9-10,12,15H,2-8H2,1H3. The van der Waals surface area contributed by atoms with E-state index in [-0.39, 0.29) is 0 Å². The van der Waals surface area contributed by atoms with E-state index in [1.54, 1.807) is 15.3 Å². The number of hydrogen-bond acceptors (Lipinski definition) is 2. The molecular formula is C14H21NS. The molecule has 1 nitrogen and oxygen atoms in total. The summed E-state index contributed by atoms with van der Waals surface area (Å²) < 4.78 is 0. The van der Waals surface area contributed by atoms with Crippen LogP contribution in [0.15, 0.2) is 6.07 Å². The van der Waals surface area contributed by atoms with Crippen LogP contribution in [0, 0.1) is 0 Å². The van der Waals surface area contributed by atoms with Crippen LogP contribution in [0.5, 0.6) is 0 Å². The summed E-state index contributed by atoms with van der Waals surface area (Å²) in [5.74, 6) is 0. The van der Waals surface area contributed by atoms with Crippen LogP contribution in [-0.4, -0.2) is 6.04 Å². The molecule has 0 amide bonds. The lowest BCUT2D eigenvalue weighted by molar-refractivity contribution is 0.315. The van der Waals surface area contributed by atoms with Gasteiger partial charge in [0, 0.05) is 21.8 Å². The van der Waals surface area contributed by atoms with E-state index < -0.39 is 0 Å². The Morgan fingerprint density at radius 3 is 2.75 bits per heavy atom. The Morgan fingerprint density at radius 2 is 2.06 bits per heavy atom. The van der Waals surface area contributed by atoms with E-state index in [0.29, 0.717) is 6.04 Å². The first kappa shape index (κ1) is 10.8. The molecule has 1 atom stereocenters. The molecule has 0 spiro atoms.